The molecule has 1 amide bonds. The summed E-state index contributed by atoms with van der Waals surface area (Å²) in [4.78, 5) is 16.1. The monoisotopic (exact) mass is 260 g/mol. The average Bonchev–Trinajstić information content (AvgIpc) is 2.82. The van der Waals surface area contributed by atoms with E-state index in [1.54, 1.807) is 6.07 Å². The van der Waals surface area contributed by atoms with Crippen molar-refractivity contribution < 1.29 is 9.53 Å². The number of nitrogens with zero attached hydrogens (tertiary/aromatic N) is 1. The molecule has 19 heavy (non-hydrogen) atoms. The van der Waals surface area contributed by atoms with Crippen LogP contribution < -0.4 is 10.5 Å². The number of aromatic amines is 1. The summed E-state index contributed by atoms with van der Waals surface area (Å²) in [5.41, 5.74) is 6.48. The standard InChI is InChI=1S/C13H16N4O2/c1-3-19-11-6-4-5-9-8(11)7-10(16-9)12(18)17(2)13(14)15/h4-7,16H,3H2,1-2H3,(H3,14,15). The normalized spacial score (nSPS) is 10.4. The number of nitrogens with two attached hydrogens (primary N) is 1. The molecule has 0 saturated heterocycles. The van der Waals surface area contributed by atoms with Crippen LogP contribution in [-0.2, 0) is 0 Å². The summed E-state index contributed by atoms with van der Waals surface area (Å²) in [6.45, 7) is 2.46. The summed E-state index contributed by atoms with van der Waals surface area (Å²) in [6, 6.07) is 7.28. The smallest absolute Gasteiger partial charge is 0.276 e. The van der Waals surface area contributed by atoms with Gasteiger partial charge >= 0.3 is 0 Å². The van der Waals surface area contributed by atoms with Gasteiger partial charge in [0.2, 0.25) is 0 Å². The van der Waals surface area contributed by atoms with Gasteiger partial charge in [-0.3, -0.25) is 15.1 Å². The Morgan fingerprint density at radius 1 is 1.53 bits per heavy atom. The molecule has 1 heterocycles. The van der Waals surface area contributed by atoms with Gasteiger partial charge < -0.3 is 15.5 Å². The van der Waals surface area contributed by atoms with Crippen LogP contribution in [0.25, 0.3) is 10.9 Å². The second-order valence-corrected chi connectivity index (χ2v) is 4.08. The lowest BCUT2D eigenvalue weighted by molar-refractivity contribution is 0.0864. The van der Waals surface area contributed by atoms with Gasteiger partial charge in [-0.2, -0.15) is 0 Å². The van der Waals surface area contributed by atoms with Gasteiger partial charge in [0.25, 0.3) is 5.91 Å². The number of nitrogens with one attached hydrogen (secondary N) is 2. The molecular weight excluding hydrogens is 244 g/mol. The first-order valence-electron chi connectivity index (χ1n) is 5.91. The predicted molar refractivity (Wildman–Crippen MR) is 73.5 cm³/mol. The summed E-state index contributed by atoms with van der Waals surface area (Å²) in [5, 5.41) is 8.10. The zero-order chi connectivity index (χ0) is 14.0. The number of H-pyrrole nitrogens is 1. The Morgan fingerprint density at radius 2 is 2.26 bits per heavy atom. The fourth-order valence-corrected chi connectivity index (χ4v) is 1.81. The van der Waals surface area contributed by atoms with E-state index in [1.807, 2.05) is 25.1 Å². The minimum atomic E-state index is -0.355. The highest BCUT2D eigenvalue weighted by Crippen LogP contribution is 2.26. The van der Waals surface area contributed by atoms with E-state index in [4.69, 9.17) is 15.9 Å². The van der Waals surface area contributed by atoms with Crippen LogP contribution in [0.15, 0.2) is 24.3 Å². The largest absolute Gasteiger partial charge is 0.493 e. The number of hydrogen-bond acceptors (Lipinski definition) is 3. The number of fused-ring (bicyclic) bond motifs is 1. The number of carbonyl (C=O) groups is 1. The van der Waals surface area contributed by atoms with Crippen molar-refractivity contribution in [1.82, 2.24) is 9.88 Å². The maximum atomic E-state index is 12.1. The Labute approximate surface area is 110 Å². The molecule has 0 radical (unpaired) electrons. The molecule has 6 nitrogen and oxygen atoms in total. The predicted octanol–water partition coefficient (Wildman–Crippen LogP) is 1.53. The third-order valence-corrected chi connectivity index (χ3v) is 2.82. The molecule has 4 N–H and O–H groups in total. The van der Waals surface area contributed by atoms with Crippen LogP contribution in [0.4, 0.5) is 0 Å². The van der Waals surface area contributed by atoms with Crippen molar-refractivity contribution in [3.05, 3.63) is 30.0 Å². The molecule has 0 fully saturated rings. The zero-order valence-electron chi connectivity index (χ0n) is 10.9. The molecule has 100 valence electrons. The lowest BCUT2D eigenvalue weighted by atomic mass is 10.2. The minimum Gasteiger partial charge on any atom is -0.493 e. The first-order valence-corrected chi connectivity index (χ1v) is 5.91. The lowest BCUT2D eigenvalue weighted by Crippen LogP contribution is -2.38. The number of guanidine groups is 1. The SMILES string of the molecule is CCOc1cccc2[nH]c(C(=O)N(C)C(=N)N)cc12. The van der Waals surface area contributed by atoms with Crippen LogP contribution in [0.1, 0.15) is 17.4 Å². The first kappa shape index (κ1) is 12.9. The number of benzene rings is 1. The number of rotatable bonds is 3. The van der Waals surface area contributed by atoms with Crippen molar-refractivity contribution in [2.45, 2.75) is 6.92 Å². The van der Waals surface area contributed by atoms with Gasteiger partial charge in [-0.25, -0.2) is 0 Å². The topological polar surface area (TPSA) is 95.2 Å². The van der Waals surface area contributed by atoms with E-state index < -0.39 is 0 Å². The molecule has 0 atom stereocenters. The maximum Gasteiger partial charge on any atom is 0.276 e. The van der Waals surface area contributed by atoms with Crippen LogP contribution in [0.3, 0.4) is 0 Å². The highest BCUT2D eigenvalue weighted by molar-refractivity contribution is 6.06. The van der Waals surface area contributed by atoms with Crippen molar-refractivity contribution in [3.8, 4) is 5.75 Å². The molecule has 6 heteroatoms. The van der Waals surface area contributed by atoms with Gasteiger partial charge in [0.05, 0.1) is 6.61 Å². The number of carbonyl (C=O) groups excluding carboxylic acids is 1. The quantitative estimate of drug-likeness (QED) is 0.577. The van der Waals surface area contributed by atoms with Gasteiger partial charge in [0.1, 0.15) is 11.4 Å². The average molecular weight is 260 g/mol. The van der Waals surface area contributed by atoms with Crippen molar-refractivity contribution in [3.63, 3.8) is 0 Å². The van der Waals surface area contributed by atoms with Crippen molar-refractivity contribution in [1.29, 1.82) is 5.41 Å². The molecule has 1 aromatic carbocycles. The minimum absolute atomic E-state index is 0.298. The van der Waals surface area contributed by atoms with Gasteiger partial charge in [-0.05, 0) is 25.1 Å². The molecule has 2 aromatic rings. The molecule has 0 aliphatic heterocycles. The first-order chi connectivity index (χ1) is 9.04. The fourth-order valence-electron chi connectivity index (χ4n) is 1.81. The second kappa shape index (κ2) is 5.01. The molecule has 0 saturated carbocycles. The Morgan fingerprint density at radius 3 is 2.89 bits per heavy atom. The van der Waals surface area contributed by atoms with E-state index in [0.717, 1.165) is 21.6 Å². The number of amides is 1. The molecule has 2 rings (SSSR count). The summed E-state index contributed by atoms with van der Waals surface area (Å²) < 4.78 is 5.51. The third-order valence-electron chi connectivity index (χ3n) is 2.82. The fraction of sp³-hybridized carbons (Fsp3) is 0.231. The van der Waals surface area contributed by atoms with E-state index in [1.165, 1.54) is 7.05 Å². The van der Waals surface area contributed by atoms with Crippen molar-refractivity contribution >= 4 is 22.8 Å². The Kier molecular flexibility index (Phi) is 3.41. The van der Waals surface area contributed by atoms with Crippen LogP contribution in [0.5, 0.6) is 5.75 Å². The number of hydrogen-bond donors (Lipinski definition) is 3. The van der Waals surface area contributed by atoms with E-state index in [9.17, 15) is 4.79 Å². The third kappa shape index (κ3) is 2.37. The number of ether oxygens (including phenoxy) is 1. The van der Waals surface area contributed by atoms with E-state index in [2.05, 4.69) is 4.98 Å². The maximum absolute atomic E-state index is 12.1. The van der Waals surface area contributed by atoms with Gasteiger partial charge in [-0.1, -0.05) is 6.07 Å². The molecule has 1 aromatic heterocycles. The van der Waals surface area contributed by atoms with Gasteiger partial charge in [0.15, 0.2) is 5.96 Å². The van der Waals surface area contributed by atoms with E-state index in [0.29, 0.717) is 12.3 Å². The molecule has 0 unspecified atom stereocenters. The summed E-state index contributed by atoms with van der Waals surface area (Å²) >= 11 is 0. The molecular formula is C13H16N4O2. The van der Waals surface area contributed by atoms with Gasteiger partial charge in [-0.15, -0.1) is 0 Å². The summed E-state index contributed by atoms with van der Waals surface area (Å²) in [7, 11) is 1.46. The van der Waals surface area contributed by atoms with E-state index >= 15 is 0 Å². The Bertz CT molecular complexity index is 633. The van der Waals surface area contributed by atoms with Gasteiger partial charge in [0, 0.05) is 18.0 Å². The molecule has 0 aliphatic rings. The van der Waals surface area contributed by atoms with Crippen molar-refractivity contribution in [2.75, 3.05) is 13.7 Å². The second-order valence-electron chi connectivity index (χ2n) is 4.08. The van der Waals surface area contributed by atoms with E-state index in [-0.39, 0.29) is 11.9 Å². The Balaban J connectivity index is 2.44. The summed E-state index contributed by atoms with van der Waals surface area (Å²) in [5.74, 6) is 0.0700. The zero-order valence-corrected chi connectivity index (χ0v) is 10.9. The van der Waals surface area contributed by atoms with Crippen LogP contribution in [0, 0.1) is 5.41 Å². The lowest BCUT2D eigenvalue weighted by Gasteiger charge is -2.12. The van der Waals surface area contributed by atoms with Crippen molar-refractivity contribution in [2.24, 2.45) is 5.73 Å². The number of aromatic nitrogens is 1. The van der Waals surface area contributed by atoms with Crippen LogP contribution in [-0.4, -0.2) is 35.4 Å². The highest BCUT2D eigenvalue weighted by atomic mass is 16.5. The molecule has 0 aliphatic carbocycles. The van der Waals surface area contributed by atoms with Crippen LogP contribution >= 0.6 is 0 Å². The summed E-state index contributed by atoms with van der Waals surface area (Å²) in [6.07, 6.45) is 0. The van der Waals surface area contributed by atoms with Crippen LogP contribution in [0.2, 0.25) is 0 Å². The molecule has 0 spiro atoms. The Hall–Kier alpha value is -2.50. The highest BCUT2D eigenvalue weighted by Gasteiger charge is 2.17. The molecule has 0 bridgehead atoms.